The maximum absolute atomic E-state index is 12.1. The van der Waals surface area contributed by atoms with Crippen LogP contribution in [0.15, 0.2) is 11.6 Å². The number of nitriles is 1. The molecule has 3 atom stereocenters. The zero-order valence-electron chi connectivity index (χ0n) is 10.3. The smallest absolute Gasteiger partial charge is 0.145 e. The number of carbonyl (C=O) groups is 1. The predicted octanol–water partition coefficient (Wildman–Crippen LogP) is 0.878. The van der Waals surface area contributed by atoms with Crippen LogP contribution in [0.5, 0.6) is 0 Å². The molecule has 4 nitrogen and oxygen atoms in total. The van der Waals surface area contributed by atoms with Gasteiger partial charge in [0.1, 0.15) is 16.8 Å². The van der Waals surface area contributed by atoms with E-state index in [2.05, 4.69) is 4.90 Å². The lowest BCUT2D eigenvalue weighted by molar-refractivity contribution is -0.130. The van der Waals surface area contributed by atoms with Gasteiger partial charge in [0.25, 0.3) is 0 Å². The summed E-state index contributed by atoms with van der Waals surface area (Å²) < 4.78 is 0. The van der Waals surface area contributed by atoms with Crippen LogP contribution in [0.25, 0.3) is 0 Å². The Morgan fingerprint density at radius 3 is 2.71 bits per heavy atom. The number of carbonyl (C=O) groups excluding carboxylic acids is 1. The van der Waals surface area contributed by atoms with E-state index in [1.54, 1.807) is 6.08 Å². The van der Waals surface area contributed by atoms with E-state index in [-0.39, 0.29) is 34.2 Å². The van der Waals surface area contributed by atoms with Crippen molar-refractivity contribution in [3.8, 4) is 6.07 Å². The molecule has 0 bridgehead atoms. The van der Waals surface area contributed by atoms with Crippen LogP contribution in [-0.2, 0) is 4.79 Å². The predicted molar refractivity (Wildman–Crippen MR) is 70.2 cm³/mol. The van der Waals surface area contributed by atoms with E-state index < -0.39 is 0 Å². The standard InChI is InChI=1S/C12H17N3OS/c1-7-6-15(3)8(2)10(11(7)16)4-9(5-13)12(14)17/h4,7-8,10H,6H2,1-3H3,(H2,14,17)/b9-4-/t7-,8+,10+/m1/s1. The highest BCUT2D eigenvalue weighted by Gasteiger charge is 2.35. The molecule has 0 aliphatic carbocycles. The lowest BCUT2D eigenvalue weighted by atomic mass is 9.82. The van der Waals surface area contributed by atoms with Gasteiger partial charge in [0.05, 0.1) is 11.5 Å². The SMILES string of the molecule is C[C@@H]1CN(C)[C@@H](C)[C@H](/C=C(/C#N)C(N)=S)C1=O. The van der Waals surface area contributed by atoms with E-state index >= 15 is 0 Å². The van der Waals surface area contributed by atoms with Crippen molar-refractivity contribution in [2.24, 2.45) is 17.6 Å². The Morgan fingerprint density at radius 2 is 2.24 bits per heavy atom. The van der Waals surface area contributed by atoms with Crippen LogP contribution in [0.3, 0.4) is 0 Å². The van der Waals surface area contributed by atoms with Crippen molar-refractivity contribution in [3.63, 3.8) is 0 Å². The molecule has 1 fully saturated rings. The van der Waals surface area contributed by atoms with Gasteiger partial charge in [-0.25, -0.2) is 0 Å². The van der Waals surface area contributed by atoms with E-state index in [1.807, 2.05) is 27.0 Å². The quantitative estimate of drug-likeness (QED) is 0.448. The molecule has 1 aliphatic rings. The van der Waals surface area contributed by atoms with Crippen LogP contribution in [0.2, 0.25) is 0 Å². The minimum Gasteiger partial charge on any atom is -0.389 e. The fourth-order valence-electron chi connectivity index (χ4n) is 2.10. The van der Waals surface area contributed by atoms with Crippen LogP contribution in [-0.4, -0.2) is 35.3 Å². The summed E-state index contributed by atoms with van der Waals surface area (Å²) in [4.78, 5) is 14.3. The van der Waals surface area contributed by atoms with Gasteiger partial charge in [-0.15, -0.1) is 0 Å². The Labute approximate surface area is 107 Å². The van der Waals surface area contributed by atoms with Gasteiger partial charge in [-0.2, -0.15) is 5.26 Å². The van der Waals surface area contributed by atoms with Crippen molar-refractivity contribution in [3.05, 3.63) is 11.6 Å². The molecule has 0 saturated carbocycles. The maximum Gasteiger partial charge on any atom is 0.145 e. The third-order valence-corrected chi connectivity index (χ3v) is 3.54. The molecule has 1 rings (SSSR count). The average Bonchev–Trinajstić information content (AvgIpc) is 2.26. The first-order valence-corrected chi connectivity index (χ1v) is 5.95. The fourth-order valence-corrected chi connectivity index (χ4v) is 2.22. The topological polar surface area (TPSA) is 70.1 Å². The molecule has 17 heavy (non-hydrogen) atoms. The lowest BCUT2D eigenvalue weighted by Gasteiger charge is -2.37. The van der Waals surface area contributed by atoms with Gasteiger partial charge < -0.3 is 10.6 Å². The minimum absolute atomic E-state index is 0.0243. The summed E-state index contributed by atoms with van der Waals surface area (Å²) in [6.45, 7) is 4.62. The van der Waals surface area contributed by atoms with Gasteiger partial charge in [-0.3, -0.25) is 4.79 Å². The number of Topliss-reactive ketones (excluding diaryl/α,β-unsaturated/α-hetero) is 1. The molecule has 0 spiro atoms. The number of piperidine rings is 1. The van der Waals surface area contributed by atoms with Crippen LogP contribution >= 0.6 is 12.2 Å². The molecule has 0 aromatic heterocycles. The van der Waals surface area contributed by atoms with E-state index in [4.69, 9.17) is 23.2 Å². The molecule has 5 heteroatoms. The van der Waals surface area contributed by atoms with Gasteiger partial charge >= 0.3 is 0 Å². The summed E-state index contributed by atoms with van der Waals surface area (Å²) in [6.07, 6.45) is 1.61. The fraction of sp³-hybridized carbons (Fsp3) is 0.583. The second kappa shape index (κ2) is 5.39. The molecule has 0 aromatic carbocycles. The second-order valence-electron chi connectivity index (χ2n) is 4.57. The molecule has 92 valence electrons. The third-order valence-electron chi connectivity index (χ3n) is 3.32. The number of likely N-dealkylation sites (tertiary alicyclic amines) is 1. The van der Waals surface area contributed by atoms with Crippen molar-refractivity contribution in [1.82, 2.24) is 4.90 Å². The van der Waals surface area contributed by atoms with Gasteiger partial charge in [0.15, 0.2) is 0 Å². The molecule has 0 unspecified atom stereocenters. The largest absolute Gasteiger partial charge is 0.389 e. The number of hydrogen-bond donors (Lipinski definition) is 1. The molecule has 0 amide bonds. The highest BCUT2D eigenvalue weighted by atomic mass is 32.1. The van der Waals surface area contributed by atoms with Crippen molar-refractivity contribution in [2.45, 2.75) is 19.9 Å². The van der Waals surface area contributed by atoms with Gasteiger partial charge in [-0.05, 0) is 14.0 Å². The van der Waals surface area contributed by atoms with E-state index in [9.17, 15) is 4.79 Å². The molecule has 2 N–H and O–H groups in total. The lowest BCUT2D eigenvalue weighted by Crippen LogP contribution is -2.49. The molecular weight excluding hydrogens is 234 g/mol. The van der Waals surface area contributed by atoms with Crippen molar-refractivity contribution >= 4 is 23.0 Å². The van der Waals surface area contributed by atoms with Gasteiger partial charge in [0, 0.05) is 18.5 Å². The molecular formula is C12H17N3OS. The number of nitrogens with two attached hydrogens (primary N) is 1. The van der Waals surface area contributed by atoms with Crippen molar-refractivity contribution in [1.29, 1.82) is 5.26 Å². The van der Waals surface area contributed by atoms with Crippen LogP contribution < -0.4 is 5.73 Å². The molecule has 1 aliphatic heterocycles. The summed E-state index contributed by atoms with van der Waals surface area (Å²) in [5, 5.41) is 8.92. The Balaban J connectivity index is 3.05. The van der Waals surface area contributed by atoms with E-state index in [0.29, 0.717) is 0 Å². The Morgan fingerprint density at radius 1 is 1.65 bits per heavy atom. The molecule has 1 heterocycles. The van der Waals surface area contributed by atoms with Crippen LogP contribution in [0.4, 0.5) is 0 Å². The summed E-state index contributed by atoms with van der Waals surface area (Å²) >= 11 is 4.78. The number of hydrogen-bond acceptors (Lipinski definition) is 4. The number of nitrogens with zero attached hydrogens (tertiary/aromatic N) is 2. The zero-order valence-corrected chi connectivity index (χ0v) is 11.1. The number of rotatable bonds is 2. The number of ketones is 1. The first-order valence-electron chi connectivity index (χ1n) is 5.54. The first kappa shape index (κ1) is 13.8. The molecule has 1 saturated heterocycles. The van der Waals surface area contributed by atoms with E-state index in [0.717, 1.165) is 6.54 Å². The third kappa shape index (κ3) is 2.90. The van der Waals surface area contributed by atoms with E-state index in [1.165, 1.54) is 0 Å². The van der Waals surface area contributed by atoms with Gasteiger partial charge in [0.2, 0.25) is 0 Å². The Kier molecular flexibility index (Phi) is 4.38. The minimum atomic E-state index is -0.306. The highest BCUT2D eigenvalue weighted by Crippen LogP contribution is 2.25. The summed E-state index contributed by atoms with van der Waals surface area (Å²) in [5.41, 5.74) is 5.67. The highest BCUT2D eigenvalue weighted by molar-refractivity contribution is 7.80. The number of thiocarbonyl (C=S) groups is 1. The average molecular weight is 251 g/mol. The second-order valence-corrected chi connectivity index (χ2v) is 5.01. The Bertz CT molecular complexity index is 410. The maximum atomic E-state index is 12.1. The van der Waals surface area contributed by atoms with Crippen LogP contribution in [0, 0.1) is 23.2 Å². The zero-order chi connectivity index (χ0) is 13.2. The van der Waals surface area contributed by atoms with Crippen LogP contribution in [0.1, 0.15) is 13.8 Å². The van der Waals surface area contributed by atoms with Crippen molar-refractivity contribution < 1.29 is 4.79 Å². The molecule has 0 radical (unpaired) electrons. The monoisotopic (exact) mass is 251 g/mol. The summed E-state index contributed by atoms with van der Waals surface area (Å²) in [5.74, 6) is -0.178. The first-order chi connectivity index (χ1) is 7.88. The normalized spacial score (nSPS) is 31.1. The summed E-state index contributed by atoms with van der Waals surface area (Å²) in [6, 6.07) is 2.01. The molecule has 0 aromatic rings. The van der Waals surface area contributed by atoms with Crippen molar-refractivity contribution in [2.75, 3.05) is 13.6 Å². The van der Waals surface area contributed by atoms with Gasteiger partial charge in [-0.1, -0.05) is 25.2 Å². The summed E-state index contributed by atoms with van der Waals surface area (Å²) in [7, 11) is 1.97. The Hall–Kier alpha value is -1.25.